The number of unbranched alkanes of at least 4 members (excludes halogenated alkanes) is 9. The minimum atomic E-state index is -1.09. The van der Waals surface area contributed by atoms with E-state index in [2.05, 4.69) is 19.1 Å². The maximum absolute atomic E-state index is 9.97. The summed E-state index contributed by atoms with van der Waals surface area (Å²) in [6, 6.07) is 0. The summed E-state index contributed by atoms with van der Waals surface area (Å²) < 4.78 is 10.9. The maximum atomic E-state index is 9.97. The molecule has 0 aliphatic carbocycles. The number of aliphatic hydroxyl groups is 3. The normalized spacial score (nSPS) is 26.6. The van der Waals surface area contributed by atoms with Crippen LogP contribution >= 0.6 is 0 Å². The average molecular weight is 373 g/mol. The fourth-order valence-electron chi connectivity index (χ4n) is 3.22. The van der Waals surface area contributed by atoms with Gasteiger partial charge in [0, 0.05) is 6.61 Å². The van der Waals surface area contributed by atoms with E-state index in [1.54, 1.807) is 0 Å². The van der Waals surface area contributed by atoms with Gasteiger partial charge in [-0.1, -0.05) is 57.6 Å². The third-order valence-electron chi connectivity index (χ3n) is 5.00. The van der Waals surface area contributed by atoms with Crippen LogP contribution in [0.2, 0.25) is 0 Å². The van der Waals surface area contributed by atoms with E-state index in [9.17, 15) is 10.2 Å². The highest BCUT2D eigenvalue weighted by atomic mass is 16.6. The lowest BCUT2D eigenvalue weighted by Gasteiger charge is -2.36. The Kier molecular flexibility index (Phi) is 14.1. The van der Waals surface area contributed by atoms with E-state index < -0.39 is 24.4 Å². The molecule has 1 rings (SSSR count). The van der Waals surface area contributed by atoms with Crippen molar-refractivity contribution in [3.8, 4) is 0 Å². The summed E-state index contributed by atoms with van der Waals surface area (Å²) in [7, 11) is 0. The van der Waals surface area contributed by atoms with Gasteiger partial charge < -0.3 is 24.8 Å². The molecule has 1 aliphatic heterocycles. The van der Waals surface area contributed by atoms with E-state index in [0.717, 1.165) is 19.3 Å². The molecule has 0 spiro atoms. The van der Waals surface area contributed by atoms with Gasteiger partial charge in [0.1, 0.15) is 24.4 Å². The van der Waals surface area contributed by atoms with Crippen LogP contribution < -0.4 is 0 Å². The van der Waals surface area contributed by atoms with Crippen LogP contribution in [0.4, 0.5) is 0 Å². The number of hydrogen-bond acceptors (Lipinski definition) is 5. The summed E-state index contributed by atoms with van der Waals surface area (Å²) in [4.78, 5) is 0. The number of ether oxygens (including phenoxy) is 2. The molecule has 0 unspecified atom stereocenters. The monoisotopic (exact) mass is 372 g/mol. The maximum Gasteiger partial charge on any atom is 0.111 e. The van der Waals surface area contributed by atoms with Crippen molar-refractivity contribution in [1.29, 1.82) is 0 Å². The summed E-state index contributed by atoms with van der Waals surface area (Å²) >= 11 is 0. The zero-order valence-corrected chi connectivity index (χ0v) is 16.5. The Morgan fingerprint density at radius 3 is 2.12 bits per heavy atom. The van der Waals surface area contributed by atoms with Crippen molar-refractivity contribution >= 4 is 0 Å². The summed E-state index contributed by atoms with van der Waals surface area (Å²) in [5, 5.41) is 28.8. The van der Waals surface area contributed by atoms with Crippen molar-refractivity contribution in [2.45, 2.75) is 102 Å². The molecule has 0 aromatic carbocycles. The molecule has 5 nitrogen and oxygen atoms in total. The number of allylic oxidation sites excluding steroid dienone is 2. The Morgan fingerprint density at radius 1 is 0.885 bits per heavy atom. The molecular formula is C21H40O5. The smallest absolute Gasteiger partial charge is 0.111 e. The third kappa shape index (κ3) is 10.0. The minimum absolute atomic E-state index is 0.215. The largest absolute Gasteiger partial charge is 0.394 e. The van der Waals surface area contributed by atoms with Crippen LogP contribution in [-0.2, 0) is 9.47 Å². The van der Waals surface area contributed by atoms with Crippen LogP contribution in [0.25, 0.3) is 0 Å². The topological polar surface area (TPSA) is 79.2 Å². The summed E-state index contributed by atoms with van der Waals surface area (Å²) in [6.45, 7) is 2.73. The van der Waals surface area contributed by atoms with Crippen LogP contribution in [0.5, 0.6) is 0 Å². The van der Waals surface area contributed by atoms with Crippen molar-refractivity contribution < 1.29 is 24.8 Å². The van der Waals surface area contributed by atoms with Crippen LogP contribution in [0.1, 0.15) is 77.6 Å². The predicted molar refractivity (Wildman–Crippen MR) is 104 cm³/mol. The minimum Gasteiger partial charge on any atom is -0.394 e. The van der Waals surface area contributed by atoms with Gasteiger partial charge in [-0.2, -0.15) is 0 Å². The molecule has 1 heterocycles. The van der Waals surface area contributed by atoms with E-state index in [4.69, 9.17) is 14.6 Å². The molecule has 1 aliphatic rings. The predicted octanol–water partition coefficient (Wildman–Crippen LogP) is 3.35. The highest BCUT2D eigenvalue weighted by molar-refractivity contribution is 4.87. The lowest BCUT2D eigenvalue weighted by atomic mass is 10.0. The molecule has 154 valence electrons. The Hall–Kier alpha value is -0.460. The Morgan fingerprint density at radius 2 is 1.50 bits per heavy atom. The van der Waals surface area contributed by atoms with Crippen molar-refractivity contribution in [3.63, 3.8) is 0 Å². The van der Waals surface area contributed by atoms with Crippen molar-refractivity contribution in [1.82, 2.24) is 0 Å². The van der Waals surface area contributed by atoms with Gasteiger partial charge in [0.15, 0.2) is 0 Å². The molecule has 0 amide bonds. The SMILES string of the molecule is CCCCCCC/C=C/CCCCCCO[C@@H]1CO[C@@H](CO)[C@H](O)[C@H]1O. The highest BCUT2D eigenvalue weighted by Crippen LogP contribution is 2.18. The van der Waals surface area contributed by atoms with Gasteiger partial charge in [-0.25, -0.2) is 0 Å². The number of hydrogen-bond donors (Lipinski definition) is 3. The first-order valence-corrected chi connectivity index (χ1v) is 10.6. The van der Waals surface area contributed by atoms with E-state index in [0.29, 0.717) is 6.61 Å². The Bertz CT molecular complexity index is 347. The first-order chi connectivity index (χ1) is 12.7. The second-order valence-corrected chi connectivity index (χ2v) is 7.32. The summed E-state index contributed by atoms with van der Waals surface area (Å²) in [6.07, 6.45) is 14.9. The Balaban J connectivity index is 1.90. The quantitative estimate of drug-likeness (QED) is 0.303. The van der Waals surface area contributed by atoms with Crippen molar-refractivity contribution in [2.75, 3.05) is 19.8 Å². The zero-order chi connectivity index (χ0) is 19.0. The molecule has 1 saturated heterocycles. The molecule has 26 heavy (non-hydrogen) atoms. The van der Waals surface area contributed by atoms with E-state index in [1.807, 2.05) is 0 Å². The number of aliphatic hydroxyl groups excluding tert-OH is 3. The van der Waals surface area contributed by atoms with Gasteiger partial charge in [0.05, 0.1) is 13.2 Å². The fourth-order valence-corrected chi connectivity index (χ4v) is 3.22. The van der Waals surface area contributed by atoms with Crippen LogP contribution in [0.3, 0.4) is 0 Å². The molecule has 0 saturated carbocycles. The van der Waals surface area contributed by atoms with Gasteiger partial charge in [-0.05, 0) is 32.1 Å². The molecule has 3 N–H and O–H groups in total. The molecule has 1 fully saturated rings. The second kappa shape index (κ2) is 15.6. The molecule has 5 heteroatoms. The van der Waals surface area contributed by atoms with E-state index >= 15 is 0 Å². The van der Waals surface area contributed by atoms with Crippen LogP contribution in [0, 0.1) is 0 Å². The lowest BCUT2D eigenvalue weighted by molar-refractivity contribution is -0.208. The molecule has 0 aromatic rings. The fraction of sp³-hybridized carbons (Fsp3) is 0.905. The van der Waals surface area contributed by atoms with Gasteiger partial charge >= 0.3 is 0 Å². The zero-order valence-electron chi connectivity index (χ0n) is 16.5. The third-order valence-corrected chi connectivity index (χ3v) is 5.00. The van der Waals surface area contributed by atoms with Gasteiger partial charge in [-0.15, -0.1) is 0 Å². The van der Waals surface area contributed by atoms with Gasteiger partial charge in [0.2, 0.25) is 0 Å². The van der Waals surface area contributed by atoms with E-state index in [1.165, 1.54) is 51.4 Å². The number of rotatable bonds is 15. The first-order valence-electron chi connectivity index (χ1n) is 10.6. The standard InChI is InChI=1S/C21H40O5/c1-2-3-4-5-6-7-8-9-10-11-12-13-14-15-25-19-17-26-18(16-22)20(23)21(19)24/h8-9,18-24H,2-7,10-17H2,1H3/b9-8+/t18-,19+,20-,21-/m0/s1. The molecular weight excluding hydrogens is 332 g/mol. The molecule has 0 radical (unpaired) electrons. The first kappa shape index (κ1) is 23.6. The van der Waals surface area contributed by atoms with Crippen molar-refractivity contribution in [3.05, 3.63) is 12.2 Å². The second-order valence-electron chi connectivity index (χ2n) is 7.32. The van der Waals surface area contributed by atoms with Crippen LogP contribution in [-0.4, -0.2) is 59.6 Å². The molecule has 0 aromatic heterocycles. The Labute approximate surface area is 159 Å². The lowest BCUT2D eigenvalue weighted by Crippen LogP contribution is -2.55. The summed E-state index contributed by atoms with van der Waals surface area (Å²) in [5.74, 6) is 0. The molecule has 4 atom stereocenters. The van der Waals surface area contributed by atoms with E-state index in [-0.39, 0.29) is 13.2 Å². The average Bonchev–Trinajstić information content (AvgIpc) is 2.65. The van der Waals surface area contributed by atoms with Crippen molar-refractivity contribution in [2.24, 2.45) is 0 Å². The van der Waals surface area contributed by atoms with Gasteiger partial charge in [-0.3, -0.25) is 0 Å². The highest BCUT2D eigenvalue weighted by Gasteiger charge is 2.38. The van der Waals surface area contributed by atoms with Crippen LogP contribution in [0.15, 0.2) is 12.2 Å². The summed E-state index contributed by atoms with van der Waals surface area (Å²) in [5.41, 5.74) is 0. The molecule has 0 bridgehead atoms. The van der Waals surface area contributed by atoms with Gasteiger partial charge in [0.25, 0.3) is 0 Å².